The fourth-order valence-corrected chi connectivity index (χ4v) is 5.69. The average Bonchev–Trinajstić information content (AvgIpc) is 2.34. The van der Waals surface area contributed by atoms with Gasteiger partial charge in [0.25, 0.3) is 0 Å². The van der Waals surface area contributed by atoms with Crippen LogP contribution in [0.3, 0.4) is 0 Å². The summed E-state index contributed by atoms with van der Waals surface area (Å²) in [7, 11) is -6.74. The zero-order valence-corrected chi connectivity index (χ0v) is 12.3. The molecule has 0 unspecified atom stereocenters. The molecular weight excluding hydrogens is 294 g/mol. The van der Waals surface area contributed by atoms with Crippen molar-refractivity contribution in [2.75, 3.05) is 24.6 Å². The zero-order valence-electron chi connectivity index (χ0n) is 10.7. The van der Waals surface area contributed by atoms with Crippen molar-refractivity contribution >= 4 is 25.7 Å². The summed E-state index contributed by atoms with van der Waals surface area (Å²) in [6, 6.07) is 0. The predicted octanol–water partition coefficient (Wildman–Crippen LogP) is -1.04. The summed E-state index contributed by atoms with van der Waals surface area (Å²) in [5.41, 5.74) is 5.32. The van der Waals surface area contributed by atoms with Crippen LogP contribution in [-0.2, 0) is 19.9 Å². The molecule has 1 aliphatic heterocycles. The molecule has 0 saturated carbocycles. The normalized spacial score (nSPS) is 21.7. The van der Waals surface area contributed by atoms with Crippen molar-refractivity contribution in [3.8, 4) is 0 Å². The van der Waals surface area contributed by atoms with Gasteiger partial charge < -0.3 is 10.9 Å². The lowest BCUT2D eigenvalue weighted by Crippen LogP contribution is -2.45. The first-order valence-corrected chi connectivity index (χ1v) is 9.21. The van der Waals surface area contributed by atoms with E-state index in [1.54, 1.807) is 6.92 Å². The molecule has 10 heteroatoms. The smallest absolute Gasteiger partial charge is 0.217 e. The van der Waals surface area contributed by atoms with Gasteiger partial charge in [0.1, 0.15) is 9.84 Å². The van der Waals surface area contributed by atoms with E-state index in [0.717, 1.165) is 4.31 Å². The lowest BCUT2D eigenvalue weighted by Gasteiger charge is -2.28. The Bertz CT molecular complexity index is 526. The molecule has 1 aliphatic rings. The van der Waals surface area contributed by atoms with Gasteiger partial charge in [0.15, 0.2) is 5.84 Å². The van der Waals surface area contributed by atoms with Crippen LogP contribution in [0.15, 0.2) is 5.16 Å². The van der Waals surface area contributed by atoms with Crippen LogP contribution in [0, 0.1) is 0 Å². The molecule has 1 saturated heterocycles. The summed E-state index contributed by atoms with van der Waals surface area (Å²) in [5, 5.41) is 10.5. The van der Waals surface area contributed by atoms with E-state index in [0.29, 0.717) is 0 Å². The highest BCUT2D eigenvalue weighted by Crippen LogP contribution is 2.22. The standard InChI is InChI=1S/C9H19N3O5S2/c1-2-12(7-9(10)11-13)19(16,17)8-3-5-18(14,15)6-4-8/h8,13H,2-7H2,1H3,(H2,10,11). The topological polar surface area (TPSA) is 130 Å². The Morgan fingerprint density at radius 2 is 1.95 bits per heavy atom. The molecule has 0 radical (unpaired) electrons. The van der Waals surface area contributed by atoms with Crippen LogP contribution in [0.2, 0.25) is 0 Å². The number of sulfonamides is 1. The molecule has 0 atom stereocenters. The number of rotatable bonds is 5. The van der Waals surface area contributed by atoms with E-state index in [1.807, 2.05) is 0 Å². The van der Waals surface area contributed by atoms with E-state index in [-0.39, 0.29) is 43.3 Å². The molecule has 0 spiro atoms. The van der Waals surface area contributed by atoms with E-state index in [9.17, 15) is 16.8 Å². The Balaban J connectivity index is 2.84. The number of likely N-dealkylation sites (N-methyl/N-ethyl adjacent to an activating group) is 1. The third-order valence-electron chi connectivity index (χ3n) is 3.10. The van der Waals surface area contributed by atoms with E-state index < -0.39 is 25.1 Å². The molecule has 1 rings (SSSR count). The van der Waals surface area contributed by atoms with Crippen LogP contribution >= 0.6 is 0 Å². The molecule has 0 aliphatic carbocycles. The fourth-order valence-electron chi connectivity index (χ4n) is 1.97. The molecule has 0 amide bonds. The van der Waals surface area contributed by atoms with Gasteiger partial charge in [-0.15, -0.1) is 0 Å². The summed E-state index contributed by atoms with van der Waals surface area (Å²) in [6.07, 6.45) is 0.189. The van der Waals surface area contributed by atoms with Gasteiger partial charge in [-0.25, -0.2) is 16.8 Å². The first kappa shape index (κ1) is 16.2. The van der Waals surface area contributed by atoms with Crippen molar-refractivity contribution in [3.05, 3.63) is 0 Å². The first-order valence-electron chi connectivity index (χ1n) is 5.88. The lowest BCUT2D eigenvalue weighted by atomic mass is 10.2. The minimum absolute atomic E-state index is 0.0946. The number of nitrogens with two attached hydrogens (primary N) is 1. The third-order valence-corrected chi connectivity index (χ3v) is 7.24. The Kier molecular flexibility index (Phi) is 5.16. The summed E-state index contributed by atoms with van der Waals surface area (Å²) in [4.78, 5) is 0. The monoisotopic (exact) mass is 313 g/mol. The van der Waals surface area contributed by atoms with Gasteiger partial charge in [0.2, 0.25) is 10.0 Å². The minimum atomic E-state index is -3.63. The SMILES string of the molecule is CCN(CC(N)=NO)S(=O)(=O)C1CCS(=O)(=O)CC1. The fraction of sp³-hybridized carbons (Fsp3) is 0.889. The van der Waals surface area contributed by atoms with Crippen molar-refractivity contribution < 1.29 is 22.0 Å². The summed E-state index contributed by atoms with van der Waals surface area (Å²) in [5.74, 6) is -0.426. The van der Waals surface area contributed by atoms with Crippen LogP contribution in [0.1, 0.15) is 19.8 Å². The Morgan fingerprint density at radius 3 is 2.37 bits per heavy atom. The van der Waals surface area contributed by atoms with E-state index >= 15 is 0 Å². The third kappa shape index (κ3) is 4.05. The zero-order chi connectivity index (χ0) is 14.7. The van der Waals surface area contributed by atoms with Crippen LogP contribution in [0.5, 0.6) is 0 Å². The van der Waals surface area contributed by atoms with E-state index in [2.05, 4.69) is 5.16 Å². The second-order valence-electron chi connectivity index (χ2n) is 4.41. The minimum Gasteiger partial charge on any atom is -0.409 e. The largest absolute Gasteiger partial charge is 0.409 e. The number of sulfone groups is 1. The molecule has 1 fully saturated rings. The Morgan fingerprint density at radius 1 is 1.42 bits per heavy atom. The Hall–Kier alpha value is -0.870. The van der Waals surface area contributed by atoms with E-state index in [1.165, 1.54) is 0 Å². The molecule has 19 heavy (non-hydrogen) atoms. The van der Waals surface area contributed by atoms with Crippen molar-refractivity contribution in [1.29, 1.82) is 0 Å². The highest BCUT2D eigenvalue weighted by atomic mass is 32.2. The van der Waals surface area contributed by atoms with Crippen molar-refractivity contribution in [2.45, 2.75) is 25.0 Å². The summed E-state index contributed by atoms with van der Waals surface area (Å²) < 4.78 is 48.4. The average molecular weight is 313 g/mol. The van der Waals surface area contributed by atoms with Crippen molar-refractivity contribution in [1.82, 2.24) is 4.31 Å². The maximum atomic E-state index is 12.3. The number of hydrogen-bond donors (Lipinski definition) is 2. The van der Waals surface area contributed by atoms with Gasteiger partial charge in [0.05, 0.1) is 23.3 Å². The van der Waals surface area contributed by atoms with Gasteiger partial charge >= 0.3 is 0 Å². The molecule has 0 aromatic carbocycles. The summed E-state index contributed by atoms with van der Waals surface area (Å²) >= 11 is 0. The lowest BCUT2D eigenvalue weighted by molar-refractivity contribution is 0.314. The molecular formula is C9H19N3O5S2. The van der Waals surface area contributed by atoms with Gasteiger partial charge in [-0.05, 0) is 12.8 Å². The number of oxime groups is 1. The molecule has 0 aromatic rings. The van der Waals surface area contributed by atoms with Crippen LogP contribution in [-0.4, -0.2) is 62.0 Å². The van der Waals surface area contributed by atoms with Crippen LogP contribution in [0.25, 0.3) is 0 Å². The van der Waals surface area contributed by atoms with Crippen molar-refractivity contribution in [3.63, 3.8) is 0 Å². The highest BCUT2D eigenvalue weighted by molar-refractivity contribution is 7.92. The van der Waals surface area contributed by atoms with E-state index in [4.69, 9.17) is 10.9 Å². The Labute approximate surface area is 113 Å². The quantitative estimate of drug-likeness (QED) is 0.288. The highest BCUT2D eigenvalue weighted by Gasteiger charge is 2.36. The van der Waals surface area contributed by atoms with Gasteiger partial charge in [-0.1, -0.05) is 12.1 Å². The number of amidine groups is 1. The van der Waals surface area contributed by atoms with Gasteiger partial charge in [-0.2, -0.15) is 4.31 Å². The molecule has 3 N–H and O–H groups in total. The number of nitrogens with zero attached hydrogens (tertiary/aromatic N) is 2. The van der Waals surface area contributed by atoms with Crippen molar-refractivity contribution in [2.24, 2.45) is 10.9 Å². The molecule has 0 aromatic heterocycles. The molecule has 8 nitrogen and oxygen atoms in total. The first-order chi connectivity index (χ1) is 8.73. The molecule has 1 heterocycles. The van der Waals surface area contributed by atoms with Crippen LogP contribution in [0.4, 0.5) is 0 Å². The maximum absolute atomic E-state index is 12.3. The maximum Gasteiger partial charge on any atom is 0.217 e. The summed E-state index contributed by atoms with van der Waals surface area (Å²) in [6.45, 7) is 1.63. The second-order valence-corrected chi connectivity index (χ2v) is 8.93. The molecule has 0 bridgehead atoms. The van der Waals surface area contributed by atoms with Crippen LogP contribution < -0.4 is 5.73 Å². The van der Waals surface area contributed by atoms with Gasteiger partial charge in [-0.3, -0.25) is 0 Å². The van der Waals surface area contributed by atoms with Gasteiger partial charge in [0, 0.05) is 6.54 Å². The number of hydrogen-bond acceptors (Lipinski definition) is 6. The predicted molar refractivity (Wildman–Crippen MR) is 71.3 cm³/mol. The molecule has 112 valence electrons. The second kappa shape index (κ2) is 6.06.